The summed E-state index contributed by atoms with van der Waals surface area (Å²) in [6.45, 7) is 8.15. The Morgan fingerprint density at radius 2 is 2.13 bits per heavy atom. The molecule has 1 amide bonds. The third kappa shape index (κ3) is 1.89. The molecule has 0 radical (unpaired) electrons. The second-order valence-electron chi connectivity index (χ2n) is 5.02. The van der Waals surface area contributed by atoms with Gasteiger partial charge in [-0.2, -0.15) is 5.10 Å². The van der Waals surface area contributed by atoms with Crippen molar-refractivity contribution in [2.24, 2.45) is 5.41 Å². The first-order chi connectivity index (χ1) is 6.98. The Morgan fingerprint density at radius 3 is 2.80 bits per heavy atom. The second kappa shape index (κ2) is 3.36. The van der Waals surface area contributed by atoms with Crippen LogP contribution in [0.1, 0.15) is 26.5 Å². The summed E-state index contributed by atoms with van der Waals surface area (Å²) >= 11 is 0. The minimum Gasteiger partial charge on any atom is -0.334 e. The van der Waals surface area contributed by atoms with E-state index >= 15 is 0 Å². The van der Waals surface area contributed by atoms with Crippen LogP contribution in [0, 0.1) is 5.41 Å². The third-order valence-corrected chi connectivity index (χ3v) is 2.67. The molecule has 1 aromatic heterocycles. The number of carbonyl (C=O) groups is 1. The van der Waals surface area contributed by atoms with Gasteiger partial charge >= 0.3 is 0 Å². The Kier molecular flexibility index (Phi) is 2.29. The Hall–Kier alpha value is -1.32. The summed E-state index contributed by atoms with van der Waals surface area (Å²) < 4.78 is 1.96. The molecular formula is C11H17N3O. The van der Waals surface area contributed by atoms with Gasteiger partial charge in [0, 0.05) is 18.2 Å². The van der Waals surface area contributed by atoms with Crippen molar-refractivity contribution in [2.75, 3.05) is 6.54 Å². The first-order valence-electron chi connectivity index (χ1n) is 5.28. The summed E-state index contributed by atoms with van der Waals surface area (Å²) in [6, 6.07) is 1.97. The molecule has 15 heavy (non-hydrogen) atoms. The van der Waals surface area contributed by atoms with Crippen LogP contribution in [0.3, 0.4) is 0 Å². The number of hydrogen-bond donors (Lipinski definition) is 0. The Morgan fingerprint density at radius 1 is 1.40 bits per heavy atom. The molecule has 0 spiro atoms. The van der Waals surface area contributed by atoms with Gasteiger partial charge < -0.3 is 4.90 Å². The van der Waals surface area contributed by atoms with Crippen LogP contribution in [0.4, 0.5) is 0 Å². The van der Waals surface area contributed by atoms with Crippen LogP contribution < -0.4 is 0 Å². The lowest BCUT2D eigenvalue weighted by atomic mass is 9.94. The molecule has 0 N–H and O–H groups in total. The first-order valence-corrected chi connectivity index (χ1v) is 5.28. The van der Waals surface area contributed by atoms with Gasteiger partial charge in [0.2, 0.25) is 5.91 Å². The maximum atomic E-state index is 12.0. The highest BCUT2D eigenvalue weighted by atomic mass is 16.2. The second-order valence-corrected chi connectivity index (χ2v) is 5.02. The smallest absolute Gasteiger partial charge is 0.228 e. The maximum Gasteiger partial charge on any atom is 0.228 e. The van der Waals surface area contributed by atoms with Crippen LogP contribution in [0.5, 0.6) is 0 Å². The number of fused-ring (bicyclic) bond motifs is 1. The van der Waals surface area contributed by atoms with Crippen LogP contribution in [0.15, 0.2) is 12.3 Å². The zero-order valence-corrected chi connectivity index (χ0v) is 9.53. The van der Waals surface area contributed by atoms with Crippen LogP contribution in [0.2, 0.25) is 0 Å². The van der Waals surface area contributed by atoms with Gasteiger partial charge in [-0.05, 0) is 6.07 Å². The third-order valence-electron chi connectivity index (χ3n) is 2.67. The lowest BCUT2D eigenvalue weighted by molar-refractivity contribution is -0.141. The summed E-state index contributed by atoms with van der Waals surface area (Å²) in [6.07, 6.45) is 1.79. The van der Waals surface area contributed by atoms with E-state index < -0.39 is 0 Å². The number of carbonyl (C=O) groups excluding carboxylic acids is 1. The molecular weight excluding hydrogens is 190 g/mol. The molecule has 0 saturated heterocycles. The standard InChI is InChI=1S/C11H17N3O/c1-11(2,3)10(15)13-6-7-14-9(8-13)4-5-12-14/h4-5H,6-8H2,1-3H3. The summed E-state index contributed by atoms with van der Waals surface area (Å²) in [4.78, 5) is 14.0. The topological polar surface area (TPSA) is 38.1 Å². The Balaban J connectivity index is 2.14. The van der Waals surface area contributed by atoms with Crippen molar-refractivity contribution < 1.29 is 4.79 Å². The zero-order valence-electron chi connectivity index (χ0n) is 9.53. The normalized spacial score (nSPS) is 16.3. The lowest BCUT2D eigenvalue weighted by Crippen LogP contribution is -2.43. The van der Waals surface area contributed by atoms with Gasteiger partial charge in [-0.3, -0.25) is 9.48 Å². The van der Waals surface area contributed by atoms with Crippen LogP contribution in [-0.4, -0.2) is 27.1 Å². The quantitative estimate of drug-likeness (QED) is 0.642. The van der Waals surface area contributed by atoms with E-state index in [1.54, 1.807) is 6.20 Å². The van der Waals surface area contributed by atoms with Gasteiger partial charge in [0.15, 0.2) is 0 Å². The van der Waals surface area contributed by atoms with E-state index in [1.165, 1.54) is 0 Å². The zero-order chi connectivity index (χ0) is 11.1. The van der Waals surface area contributed by atoms with Gasteiger partial charge in [0.25, 0.3) is 0 Å². The van der Waals surface area contributed by atoms with Crippen LogP contribution in [0.25, 0.3) is 0 Å². The lowest BCUT2D eigenvalue weighted by Gasteiger charge is -2.32. The number of hydrogen-bond acceptors (Lipinski definition) is 2. The van der Waals surface area contributed by atoms with Gasteiger partial charge in [-0.15, -0.1) is 0 Å². The fraction of sp³-hybridized carbons (Fsp3) is 0.636. The molecule has 0 aliphatic carbocycles. The highest BCUT2D eigenvalue weighted by Gasteiger charge is 2.29. The van der Waals surface area contributed by atoms with Crippen molar-refractivity contribution in [1.29, 1.82) is 0 Å². The van der Waals surface area contributed by atoms with E-state index in [2.05, 4.69) is 5.10 Å². The minimum atomic E-state index is -0.289. The first kappa shape index (κ1) is 10.2. The number of nitrogens with zero attached hydrogens (tertiary/aromatic N) is 3. The van der Waals surface area contributed by atoms with E-state index in [0.717, 1.165) is 18.8 Å². The molecule has 1 aromatic rings. The molecule has 2 heterocycles. The molecule has 0 unspecified atom stereocenters. The number of rotatable bonds is 0. The highest BCUT2D eigenvalue weighted by Crippen LogP contribution is 2.21. The van der Waals surface area contributed by atoms with E-state index in [4.69, 9.17) is 0 Å². The Labute approximate surface area is 89.9 Å². The molecule has 4 nitrogen and oxygen atoms in total. The molecule has 1 aliphatic heterocycles. The molecule has 4 heteroatoms. The van der Waals surface area contributed by atoms with Crippen molar-refractivity contribution in [3.05, 3.63) is 18.0 Å². The largest absolute Gasteiger partial charge is 0.334 e. The fourth-order valence-corrected chi connectivity index (χ4v) is 1.83. The summed E-state index contributed by atoms with van der Waals surface area (Å²) in [5.41, 5.74) is 0.834. The highest BCUT2D eigenvalue weighted by molar-refractivity contribution is 5.81. The van der Waals surface area contributed by atoms with Crippen LogP contribution >= 0.6 is 0 Å². The monoisotopic (exact) mass is 207 g/mol. The molecule has 0 atom stereocenters. The van der Waals surface area contributed by atoms with E-state index in [-0.39, 0.29) is 11.3 Å². The van der Waals surface area contributed by atoms with E-state index in [0.29, 0.717) is 6.54 Å². The van der Waals surface area contributed by atoms with Gasteiger partial charge in [0.05, 0.1) is 18.8 Å². The molecule has 0 fully saturated rings. The van der Waals surface area contributed by atoms with Crippen molar-refractivity contribution in [3.8, 4) is 0 Å². The van der Waals surface area contributed by atoms with Crippen molar-refractivity contribution in [1.82, 2.24) is 14.7 Å². The van der Waals surface area contributed by atoms with E-state index in [1.807, 2.05) is 36.4 Å². The molecule has 2 rings (SSSR count). The molecule has 0 aromatic carbocycles. The SMILES string of the molecule is CC(C)(C)C(=O)N1CCn2nccc2C1. The molecule has 0 bridgehead atoms. The van der Waals surface area contributed by atoms with Gasteiger partial charge in [-0.25, -0.2) is 0 Å². The summed E-state index contributed by atoms with van der Waals surface area (Å²) in [7, 11) is 0. The summed E-state index contributed by atoms with van der Waals surface area (Å²) in [5, 5.41) is 4.19. The minimum absolute atomic E-state index is 0.218. The maximum absolute atomic E-state index is 12.0. The van der Waals surface area contributed by atoms with Crippen molar-refractivity contribution in [2.45, 2.75) is 33.9 Å². The average Bonchev–Trinajstić information content (AvgIpc) is 2.61. The predicted octanol–water partition coefficient (Wildman–Crippen LogP) is 1.27. The van der Waals surface area contributed by atoms with E-state index in [9.17, 15) is 4.79 Å². The number of amides is 1. The Bertz CT molecular complexity index is 375. The summed E-state index contributed by atoms with van der Waals surface area (Å²) in [5.74, 6) is 0.218. The average molecular weight is 207 g/mol. The van der Waals surface area contributed by atoms with Gasteiger partial charge in [0.1, 0.15) is 0 Å². The molecule has 1 aliphatic rings. The fourth-order valence-electron chi connectivity index (χ4n) is 1.83. The van der Waals surface area contributed by atoms with Crippen LogP contribution in [-0.2, 0) is 17.9 Å². The molecule has 82 valence electrons. The predicted molar refractivity (Wildman–Crippen MR) is 57.1 cm³/mol. The van der Waals surface area contributed by atoms with Crippen molar-refractivity contribution >= 4 is 5.91 Å². The number of aromatic nitrogens is 2. The van der Waals surface area contributed by atoms with Gasteiger partial charge in [-0.1, -0.05) is 20.8 Å². The van der Waals surface area contributed by atoms with Crippen molar-refractivity contribution in [3.63, 3.8) is 0 Å². The molecule has 0 saturated carbocycles.